The van der Waals surface area contributed by atoms with Crippen LogP contribution in [0.2, 0.25) is 0 Å². The Morgan fingerprint density at radius 1 is 0.917 bits per heavy atom. The lowest BCUT2D eigenvalue weighted by molar-refractivity contribution is 0.0734. The third-order valence-electron chi connectivity index (χ3n) is 7.59. The zero-order valence-corrected chi connectivity index (χ0v) is 22.7. The minimum Gasteiger partial charge on any atom is -0.494 e. The van der Waals surface area contributed by atoms with Crippen LogP contribution in [0.4, 0.5) is 0 Å². The summed E-state index contributed by atoms with van der Waals surface area (Å²) in [5, 5.41) is 0. The summed E-state index contributed by atoms with van der Waals surface area (Å²) in [5.41, 5.74) is 1.89. The van der Waals surface area contributed by atoms with E-state index in [0.29, 0.717) is 23.8 Å². The minimum absolute atomic E-state index is 0.335. The molecule has 0 saturated heterocycles. The van der Waals surface area contributed by atoms with Crippen LogP contribution >= 0.6 is 0 Å². The third kappa shape index (κ3) is 9.48. The molecular formula is C33H46O3. The fraction of sp³-hybridized carbons (Fsp3) is 0.545. The lowest BCUT2D eigenvalue weighted by Gasteiger charge is -2.27. The quantitative estimate of drug-likeness (QED) is 0.114. The molecule has 0 aliphatic heterocycles. The van der Waals surface area contributed by atoms with Gasteiger partial charge in [0.15, 0.2) is 0 Å². The summed E-state index contributed by atoms with van der Waals surface area (Å²) in [6.07, 6.45) is 18.3. The van der Waals surface area contributed by atoms with Gasteiger partial charge in [0, 0.05) is 0 Å². The molecule has 0 bridgehead atoms. The summed E-state index contributed by atoms with van der Waals surface area (Å²) in [4.78, 5) is 12.6. The normalized spacial score (nSPS) is 18.8. The van der Waals surface area contributed by atoms with Gasteiger partial charge in [0.2, 0.25) is 0 Å². The molecule has 1 atom stereocenters. The molecule has 36 heavy (non-hydrogen) atoms. The topological polar surface area (TPSA) is 35.5 Å². The van der Waals surface area contributed by atoms with Gasteiger partial charge in [-0.25, -0.2) is 4.79 Å². The highest BCUT2D eigenvalue weighted by atomic mass is 16.5. The van der Waals surface area contributed by atoms with Crippen LogP contribution in [0.15, 0.2) is 60.7 Å². The monoisotopic (exact) mass is 490 g/mol. The van der Waals surface area contributed by atoms with Crippen molar-refractivity contribution in [3.63, 3.8) is 0 Å². The van der Waals surface area contributed by atoms with Crippen molar-refractivity contribution in [2.24, 2.45) is 11.8 Å². The second kappa shape index (κ2) is 15.5. The van der Waals surface area contributed by atoms with Crippen molar-refractivity contribution in [2.45, 2.75) is 97.3 Å². The molecule has 0 N–H and O–H groups in total. The first-order valence-corrected chi connectivity index (χ1v) is 14.3. The number of ether oxygens (including phenoxy) is 2. The Morgan fingerprint density at radius 3 is 2.28 bits per heavy atom. The van der Waals surface area contributed by atoms with Gasteiger partial charge in [-0.3, -0.25) is 0 Å². The first kappa shape index (κ1) is 28.0. The van der Waals surface area contributed by atoms with Gasteiger partial charge in [0.05, 0.1) is 12.2 Å². The first-order chi connectivity index (χ1) is 17.6. The molecule has 0 spiro atoms. The van der Waals surface area contributed by atoms with Crippen LogP contribution in [0.3, 0.4) is 0 Å². The second-order valence-electron chi connectivity index (χ2n) is 10.5. The minimum atomic E-state index is -0.335. The molecule has 0 radical (unpaired) electrons. The maximum Gasteiger partial charge on any atom is 0.343 e. The van der Waals surface area contributed by atoms with Gasteiger partial charge in [-0.05, 0) is 98.2 Å². The van der Waals surface area contributed by atoms with Crippen molar-refractivity contribution >= 4 is 5.97 Å². The SMILES string of the molecule is CCC/C=C\[C@H]1CC[C@H](c2ccc(OC(=O)c3ccc(OCCCCC[C@@H](C)CC)cc3)cc2)CC1. The number of esters is 1. The van der Waals surface area contributed by atoms with Crippen LogP contribution in [-0.2, 0) is 0 Å². The van der Waals surface area contributed by atoms with Gasteiger partial charge in [-0.2, -0.15) is 0 Å². The van der Waals surface area contributed by atoms with Gasteiger partial charge in [-0.15, -0.1) is 0 Å². The Balaban J connectivity index is 1.39. The van der Waals surface area contributed by atoms with Crippen molar-refractivity contribution in [3.8, 4) is 11.5 Å². The van der Waals surface area contributed by atoms with E-state index in [0.717, 1.165) is 24.0 Å². The molecule has 1 aliphatic carbocycles. The smallest absolute Gasteiger partial charge is 0.343 e. The van der Waals surface area contributed by atoms with Crippen molar-refractivity contribution in [3.05, 3.63) is 71.8 Å². The maximum absolute atomic E-state index is 12.6. The Bertz CT molecular complexity index is 905. The zero-order valence-electron chi connectivity index (χ0n) is 22.7. The Kier molecular flexibility index (Phi) is 12.1. The largest absolute Gasteiger partial charge is 0.494 e. The molecule has 3 nitrogen and oxygen atoms in total. The average Bonchev–Trinajstić information content (AvgIpc) is 2.92. The summed E-state index contributed by atoms with van der Waals surface area (Å²) in [6, 6.07) is 15.4. The van der Waals surface area contributed by atoms with E-state index in [2.05, 4.69) is 45.1 Å². The number of hydrogen-bond acceptors (Lipinski definition) is 3. The zero-order chi connectivity index (χ0) is 25.6. The van der Waals surface area contributed by atoms with Crippen LogP contribution in [0.1, 0.15) is 113 Å². The Hall–Kier alpha value is -2.55. The van der Waals surface area contributed by atoms with Crippen LogP contribution in [-0.4, -0.2) is 12.6 Å². The Labute approximate surface area is 219 Å². The fourth-order valence-electron chi connectivity index (χ4n) is 4.93. The average molecular weight is 491 g/mol. The number of hydrogen-bond donors (Lipinski definition) is 0. The summed E-state index contributed by atoms with van der Waals surface area (Å²) < 4.78 is 11.5. The van der Waals surface area contributed by atoms with Crippen LogP contribution in [0.25, 0.3) is 0 Å². The number of carbonyl (C=O) groups excluding carboxylic acids is 1. The summed E-state index contributed by atoms with van der Waals surface area (Å²) in [5.74, 6) is 3.23. The predicted molar refractivity (Wildman–Crippen MR) is 150 cm³/mol. The van der Waals surface area contributed by atoms with E-state index >= 15 is 0 Å². The standard InChI is InChI=1S/C33H46O3/c1-4-6-8-12-27-13-15-28(16-14-27)29-17-23-32(24-18-29)36-33(34)30-19-21-31(22-20-30)35-25-10-7-9-11-26(3)5-2/h8,12,17-24,26-28H,4-7,9-11,13-16,25H2,1-3H3/b12-8-/t26-,27-,28-/m0/s1. The molecule has 196 valence electrons. The Morgan fingerprint density at radius 2 is 1.61 bits per heavy atom. The molecule has 2 aromatic carbocycles. The van der Waals surface area contributed by atoms with E-state index in [-0.39, 0.29) is 5.97 Å². The number of allylic oxidation sites excluding steroid dienone is 2. The maximum atomic E-state index is 12.6. The van der Waals surface area contributed by atoms with Gasteiger partial charge in [0.1, 0.15) is 11.5 Å². The number of carbonyl (C=O) groups is 1. The van der Waals surface area contributed by atoms with Crippen molar-refractivity contribution in [1.82, 2.24) is 0 Å². The van der Waals surface area contributed by atoms with E-state index in [4.69, 9.17) is 9.47 Å². The first-order valence-electron chi connectivity index (χ1n) is 14.3. The molecule has 3 rings (SSSR count). The lowest BCUT2D eigenvalue weighted by Crippen LogP contribution is -2.12. The summed E-state index contributed by atoms with van der Waals surface area (Å²) in [7, 11) is 0. The van der Waals surface area contributed by atoms with E-state index in [1.165, 1.54) is 69.8 Å². The molecule has 0 heterocycles. The van der Waals surface area contributed by atoms with Gasteiger partial charge < -0.3 is 9.47 Å². The number of benzene rings is 2. The van der Waals surface area contributed by atoms with E-state index in [9.17, 15) is 4.79 Å². The highest BCUT2D eigenvalue weighted by molar-refractivity contribution is 5.91. The van der Waals surface area contributed by atoms with Gasteiger partial charge in [0.25, 0.3) is 0 Å². The number of unbranched alkanes of at least 4 members (excludes halogenated alkanes) is 3. The van der Waals surface area contributed by atoms with Crippen molar-refractivity contribution < 1.29 is 14.3 Å². The summed E-state index contributed by atoms with van der Waals surface area (Å²) >= 11 is 0. The highest BCUT2D eigenvalue weighted by Crippen LogP contribution is 2.37. The third-order valence-corrected chi connectivity index (χ3v) is 7.59. The predicted octanol–water partition coefficient (Wildman–Crippen LogP) is 9.52. The molecule has 1 saturated carbocycles. The van der Waals surface area contributed by atoms with Crippen molar-refractivity contribution in [2.75, 3.05) is 6.61 Å². The van der Waals surface area contributed by atoms with Gasteiger partial charge >= 0.3 is 5.97 Å². The molecule has 0 amide bonds. The lowest BCUT2D eigenvalue weighted by atomic mass is 9.78. The summed E-state index contributed by atoms with van der Waals surface area (Å²) in [6.45, 7) is 7.51. The van der Waals surface area contributed by atoms with E-state index in [1.54, 1.807) is 12.1 Å². The number of rotatable bonds is 14. The van der Waals surface area contributed by atoms with Crippen molar-refractivity contribution in [1.29, 1.82) is 0 Å². The van der Waals surface area contributed by atoms with Crippen LogP contribution < -0.4 is 9.47 Å². The van der Waals surface area contributed by atoms with Crippen LogP contribution in [0, 0.1) is 11.8 Å². The fourth-order valence-corrected chi connectivity index (χ4v) is 4.93. The second-order valence-corrected chi connectivity index (χ2v) is 10.5. The molecule has 0 unspecified atom stereocenters. The molecular weight excluding hydrogens is 444 g/mol. The highest BCUT2D eigenvalue weighted by Gasteiger charge is 2.21. The molecule has 2 aromatic rings. The van der Waals surface area contributed by atoms with E-state index in [1.807, 2.05) is 24.3 Å². The van der Waals surface area contributed by atoms with Crippen LogP contribution in [0.5, 0.6) is 11.5 Å². The molecule has 1 fully saturated rings. The molecule has 0 aromatic heterocycles. The molecule has 1 aliphatic rings. The molecule has 3 heteroatoms. The van der Waals surface area contributed by atoms with E-state index < -0.39 is 0 Å². The van der Waals surface area contributed by atoms with Gasteiger partial charge in [-0.1, -0.05) is 77.2 Å².